The molecule has 0 radical (unpaired) electrons. The molecule has 0 atom stereocenters. The minimum atomic E-state index is -0.629. The average Bonchev–Trinajstić information content (AvgIpc) is 2.77. The Hall–Kier alpha value is -4.00. The number of hydrazone groups is 1. The monoisotopic (exact) mass is 420 g/mol. The smallest absolute Gasteiger partial charge is 0.343 e. The standard InChI is InChI=1S/C24H21FN2O4/c1-2-30-22-14-18(16-26-27-23(28)15-17-6-4-3-5-7-17)8-13-21(22)31-24(29)19-9-11-20(25)12-10-19/h3-14,16H,2,15H2,1H3,(H,27,28)/b26-16-. The molecule has 0 spiro atoms. The van der Waals surface area contributed by atoms with Crippen LogP contribution in [0.3, 0.4) is 0 Å². The lowest BCUT2D eigenvalue weighted by Crippen LogP contribution is -2.19. The Morgan fingerprint density at radius 1 is 1.00 bits per heavy atom. The first-order valence-electron chi connectivity index (χ1n) is 9.65. The van der Waals surface area contributed by atoms with Gasteiger partial charge in [-0.25, -0.2) is 14.6 Å². The summed E-state index contributed by atoms with van der Waals surface area (Å²) in [7, 11) is 0. The van der Waals surface area contributed by atoms with E-state index >= 15 is 0 Å². The first kappa shape index (κ1) is 21.7. The van der Waals surface area contributed by atoms with Crippen molar-refractivity contribution in [2.75, 3.05) is 6.61 Å². The van der Waals surface area contributed by atoms with E-state index in [2.05, 4.69) is 10.5 Å². The van der Waals surface area contributed by atoms with E-state index in [1.807, 2.05) is 30.3 Å². The molecule has 3 aromatic carbocycles. The fourth-order valence-electron chi connectivity index (χ4n) is 2.70. The Bertz CT molecular complexity index is 1070. The SMILES string of the molecule is CCOc1cc(/C=N\NC(=O)Cc2ccccc2)ccc1OC(=O)c1ccc(F)cc1. The molecule has 0 saturated heterocycles. The van der Waals surface area contributed by atoms with Crippen molar-refractivity contribution in [1.82, 2.24) is 5.43 Å². The molecule has 0 fully saturated rings. The fourth-order valence-corrected chi connectivity index (χ4v) is 2.70. The number of carbonyl (C=O) groups is 2. The molecule has 0 aromatic heterocycles. The summed E-state index contributed by atoms with van der Waals surface area (Å²) < 4.78 is 24.0. The minimum Gasteiger partial charge on any atom is -0.490 e. The highest BCUT2D eigenvalue weighted by Gasteiger charge is 2.13. The third-order valence-electron chi connectivity index (χ3n) is 4.16. The number of benzene rings is 3. The van der Waals surface area contributed by atoms with Gasteiger partial charge in [-0.15, -0.1) is 0 Å². The minimum absolute atomic E-state index is 0.218. The second-order valence-electron chi connectivity index (χ2n) is 6.49. The van der Waals surface area contributed by atoms with E-state index in [9.17, 15) is 14.0 Å². The molecular formula is C24H21FN2O4. The molecule has 6 nitrogen and oxygen atoms in total. The maximum atomic E-state index is 13.0. The number of halogens is 1. The molecule has 158 valence electrons. The van der Waals surface area contributed by atoms with Crippen LogP contribution < -0.4 is 14.9 Å². The molecule has 3 aromatic rings. The molecule has 0 heterocycles. The fraction of sp³-hybridized carbons (Fsp3) is 0.125. The first-order valence-corrected chi connectivity index (χ1v) is 9.65. The topological polar surface area (TPSA) is 77.0 Å². The average molecular weight is 420 g/mol. The van der Waals surface area contributed by atoms with Gasteiger partial charge >= 0.3 is 5.97 Å². The van der Waals surface area contributed by atoms with E-state index in [4.69, 9.17) is 9.47 Å². The molecule has 1 amide bonds. The lowest BCUT2D eigenvalue weighted by molar-refractivity contribution is -0.120. The molecule has 31 heavy (non-hydrogen) atoms. The number of esters is 1. The summed E-state index contributed by atoms with van der Waals surface area (Å²) >= 11 is 0. The molecule has 0 saturated carbocycles. The largest absolute Gasteiger partial charge is 0.490 e. The van der Waals surface area contributed by atoms with Gasteiger partial charge in [-0.1, -0.05) is 30.3 Å². The van der Waals surface area contributed by atoms with E-state index in [-0.39, 0.29) is 23.6 Å². The number of nitrogens with zero attached hydrogens (tertiary/aromatic N) is 1. The van der Waals surface area contributed by atoms with Crippen molar-refractivity contribution in [3.8, 4) is 11.5 Å². The summed E-state index contributed by atoms with van der Waals surface area (Å²) in [6, 6.07) is 19.3. The Labute approximate surface area is 179 Å². The molecule has 7 heteroatoms. The number of hydrogen-bond donors (Lipinski definition) is 1. The van der Waals surface area contributed by atoms with Crippen molar-refractivity contribution in [1.29, 1.82) is 0 Å². The van der Waals surface area contributed by atoms with Crippen molar-refractivity contribution in [3.05, 3.63) is 95.3 Å². The zero-order valence-electron chi connectivity index (χ0n) is 16.9. The highest BCUT2D eigenvalue weighted by Crippen LogP contribution is 2.29. The van der Waals surface area contributed by atoms with Crippen molar-refractivity contribution in [2.24, 2.45) is 5.10 Å². The van der Waals surface area contributed by atoms with Gasteiger partial charge in [0, 0.05) is 0 Å². The Morgan fingerprint density at radius 3 is 2.45 bits per heavy atom. The number of carbonyl (C=O) groups excluding carboxylic acids is 2. The van der Waals surface area contributed by atoms with Crippen LogP contribution in [0.4, 0.5) is 4.39 Å². The number of amides is 1. The van der Waals surface area contributed by atoms with Gasteiger partial charge in [0.1, 0.15) is 5.82 Å². The van der Waals surface area contributed by atoms with Crippen LogP contribution >= 0.6 is 0 Å². The normalized spacial score (nSPS) is 10.6. The van der Waals surface area contributed by atoms with E-state index < -0.39 is 11.8 Å². The summed E-state index contributed by atoms with van der Waals surface area (Å²) in [4.78, 5) is 24.3. The second-order valence-corrected chi connectivity index (χ2v) is 6.49. The van der Waals surface area contributed by atoms with Crippen LogP contribution in [0.5, 0.6) is 11.5 Å². The molecule has 0 bridgehead atoms. The van der Waals surface area contributed by atoms with Crippen LogP contribution in [0.2, 0.25) is 0 Å². The number of rotatable bonds is 8. The Morgan fingerprint density at radius 2 is 1.74 bits per heavy atom. The van der Waals surface area contributed by atoms with Crippen molar-refractivity contribution < 1.29 is 23.5 Å². The lowest BCUT2D eigenvalue weighted by atomic mass is 10.1. The van der Waals surface area contributed by atoms with Crippen molar-refractivity contribution >= 4 is 18.1 Å². The Balaban J connectivity index is 1.65. The molecule has 3 rings (SSSR count). The van der Waals surface area contributed by atoms with E-state index in [1.165, 1.54) is 30.5 Å². The predicted molar refractivity (Wildman–Crippen MR) is 115 cm³/mol. The summed E-state index contributed by atoms with van der Waals surface area (Å²) in [5, 5.41) is 3.96. The van der Waals surface area contributed by atoms with E-state index in [0.717, 1.165) is 5.56 Å². The Kier molecular flexibility index (Phi) is 7.48. The molecule has 0 aliphatic heterocycles. The first-order chi connectivity index (χ1) is 15.0. The van der Waals surface area contributed by atoms with Gasteiger partial charge in [0.2, 0.25) is 5.91 Å². The third-order valence-corrected chi connectivity index (χ3v) is 4.16. The number of ether oxygens (including phenoxy) is 2. The van der Waals surface area contributed by atoms with Gasteiger partial charge in [0.05, 0.1) is 24.8 Å². The highest BCUT2D eigenvalue weighted by atomic mass is 19.1. The van der Waals surface area contributed by atoms with Crippen molar-refractivity contribution in [3.63, 3.8) is 0 Å². The van der Waals surface area contributed by atoms with E-state index in [0.29, 0.717) is 17.9 Å². The maximum Gasteiger partial charge on any atom is 0.343 e. The van der Waals surface area contributed by atoms with Gasteiger partial charge in [0.15, 0.2) is 11.5 Å². The van der Waals surface area contributed by atoms with Crippen LogP contribution in [0.1, 0.15) is 28.4 Å². The lowest BCUT2D eigenvalue weighted by Gasteiger charge is -2.11. The summed E-state index contributed by atoms with van der Waals surface area (Å²) in [6.45, 7) is 2.16. The third kappa shape index (κ3) is 6.50. The molecular weight excluding hydrogens is 399 g/mol. The van der Waals surface area contributed by atoms with Crippen molar-refractivity contribution in [2.45, 2.75) is 13.3 Å². The zero-order chi connectivity index (χ0) is 22.1. The van der Waals surface area contributed by atoms with Crippen LogP contribution in [0.25, 0.3) is 0 Å². The van der Waals surface area contributed by atoms with Gasteiger partial charge in [0.25, 0.3) is 0 Å². The predicted octanol–water partition coefficient (Wildman–Crippen LogP) is 4.14. The quantitative estimate of drug-likeness (QED) is 0.257. The summed E-state index contributed by atoms with van der Waals surface area (Å²) in [5.74, 6) is -0.738. The molecule has 0 aliphatic rings. The molecule has 1 N–H and O–H groups in total. The number of hydrogen-bond acceptors (Lipinski definition) is 5. The summed E-state index contributed by atoms with van der Waals surface area (Å²) in [6.07, 6.45) is 1.69. The van der Waals surface area contributed by atoms with Crippen LogP contribution in [0, 0.1) is 5.82 Å². The van der Waals surface area contributed by atoms with Crippen LogP contribution in [-0.4, -0.2) is 24.7 Å². The summed E-state index contributed by atoms with van der Waals surface area (Å²) in [5.41, 5.74) is 4.23. The van der Waals surface area contributed by atoms with Gasteiger partial charge in [-0.05, 0) is 60.5 Å². The van der Waals surface area contributed by atoms with E-state index in [1.54, 1.807) is 25.1 Å². The molecule has 0 aliphatic carbocycles. The maximum absolute atomic E-state index is 13.0. The van der Waals surface area contributed by atoms with Crippen LogP contribution in [0.15, 0.2) is 77.9 Å². The highest BCUT2D eigenvalue weighted by molar-refractivity contribution is 5.91. The van der Waals surface area contributed by atoms with Gasteiger partial charge in [-0.2, -0.15) is 5.10 Å². The van der Waals surface area contributed by atoms with Crippen LogP contribution in [-0.2, 0) is 11.2 Å². The van der Waals surface area contributed by atoms with Gasteiger partial charge in [-0.3, -0.25) is 4.79 Å². The second kappa shape index (κ2) is 10.7. The molecule has 0 unspecified atom stereocenters. The zero-order valence-corrected chi connectivity index (χ0v) is 16.9. The number of nitrogens with one attached hydrogen (secondary N) is 1. The van der Waals surface area contributed by atoms with Gasteiger partial charge < -0.3 is 9.47 Å².